The molecular formula is C19H19N5O2. The molecule has 0 saturated carbocycles. The van der Waals surface area contributed by atoms with Crippen molar-refractivity contribution >= 4 is 12.2 Å². The van der Waals surface area contributed by atoms with E-state index in [0.717, 1.165) is 16.7 Å². The molecule has 2 amide bonds. The zero-order valence-electron chi connectivity index (χ0n) is 14.3. The topological polar surface area (TPSA) is 94.5 Å². The highest BCUT2D eigenvalue weighted by Crippen LogP contribution is 2.30. The van der Waals surface area contributed by atoms with Gasteiger partial charge in [0.1, 0.15) is 11.4 Å². The highest BCUT2D eigenvalue weighted by atomic mass is 16.5. The minimum Gasteiger partial charge on any atom is -0.496 e. The minimum absolute atomic E-state index is 0.611. The number of nitrogens with two attached hydrogens (primary N) is 1. The zero-order valence-corrected chi connectivity index (χ0v) is 14.3. The number of benzene rings is 2. The van der Waals surface area contributed by atoms with E-state index in [4.69, 9.17) is 10.5 Å². The standard InChI is InChI=1S/C19H19N5O2/c1-26-17-10-6-5-9-16(17)18-15(11-21-22-19(20)25)13-24(23-18)12-14-7-3-2-4-8-14/h2-11,13H,12H2,1H3,(H3,20,22,25)/b21-11-. The number of rotatable bonds is 6. The third-order valence-corrected chi connectivity index (χ3v) is 3.72. The summed E-state index contributed by atoms with van der Waals surface area (Å²) in [5, 5.41) is 8.54. The molecule has 0 fully saturated rings. The Bertz CT molecular complexity index is 919. The first kappa shape index (κ1) is 17.2. The van der Waals surface area contributed by atoms with Crippen molar-refractivity contribution in [3.05, 3.63) is 71.9 Å². The van der Waals surface area contributed by atoms with Crippen molar-refractivity contribution in [3.63, 3.8) is 0 Å². The van der Waals surface area contributed by atoms with E-state index in [0.29, 0.717) is 18.0 Å². The summed E-state index contributed by atoms with van der Waals surface area (Å²) in [5.41, 5.74) is 10.7. The zero-order chi connectivity index (χ0) is 18.4. The Kier molecular flexibility index (Phi) is 5.28. The lowest BCUT2D eigenvalue weighted by molar-refractivity contribution is 0.249. The molecule has 0 unspecified atom stereocenters. The van der Waals surface area contributed by atoms with Crippen LogP contribution in [0.1, 0.15) is 11.1 Å². The van der Waals surface area contributed by atoms with Crippen molar-refractivity contribution in [3.8, 4) is 17.0 Å². The summed E-state index contributed by atoms with van der Waals surface area (Å²) in [6.45, 7) is 0.611. The molecule has 7 heteroatoms. The van der Waals surface area contributed by atoms with Gasteiger partial charge in [-0.15, -0.1) is 0 Å². The molecule has 0 saturated heterocycles. The molecule has 0 spiro atoms. The molecular weight excluding hydrogens is 330 g/mol. The number of carbonyl (C=O) groups excluding carboxylic acids is 1. The Labute approximate surface area is 151 Å². The predicted molar refractivity (Wildman–Crippen MR) is 100 cm³/mol. The van der Waals surface area contributed by atoms with E-state index in [9.17, 15) is 4.79 Å². The Morgan fingerprint density at radius 2 is 1.96 bits per heavy atom. The summed E-state index contributed by atoms with van der Waals surface area (Å²) in [4.78, 5) is 10.8. The molecule has 26 heavy (non-hydrogen) atoms. The van der Waals surface area contributed by atoms with E-state index >= 15 is 0 Å². The molecule has 0 aliphatic rings. The molecule has 2 aromatic carbocycles. The number of ether oxygens (including phenoxy) is 1. The number of carbonyl (C=O) groups is 1. The van der Waals surface area contributed by atoms with Gasteiger partial charge in [-0.2, -0.15) is 10.2 Å². The summed E-state index contributed by atoms with van der Waals surface area (Å²) in [6.07, 6.45) is 3.38. The largest absolute Gasteiger partial charge is 0.496 e. The van der Waals surface area contributed by atoms with Gasteiger partial charge in [-0.3, -0.25) is 4.68 Å². The van der Waals surface area contributed by atoms with Gasteiger partial charge in [0.05, 0.1) is 19.9 Å². The molecule has 132 valence electrons. The first-order valence-electron chi connectivity index (χ1n) is 8.00. The minimum atomic E-state index is -0.725. The first-order chi connectivity index (χ1) is 12.7. The third kappa shape index (κ3) is 4.07. The molecule has 3 aromatic rings. The van der Waals surface area contributed by atoms with Gasteiger partial charge < -0.3 is 10.5 Å². The van der Waals surface area contributed by atoms with E-state index in [2.05, 4.69) is 15.6 Å². The molecule has 0 atom stereocenters. The van der Waals surface area contributed by atoms with E-state index in [1.54, 1.807) is 7.11 Å². The van der Waals surface area contributed by atoms with E-state index in [1.165, 1.54) is 6.21 Å². The lowest BCUT2D eigenvalue weighted by atomic mass is 10.1. The molecule has 1 aromatic heterocycles. The number of nitrogens with one attached hydrogen (secondary N) is 1. The summed E-state index contributed by atoms with van der Waals surface area (Å²) in [5.74, 6) is 0.704. The lowest BCUT2D eigenvalue weighted by Crippen LogP contribution is -2.24. The molecule has 0 radical (unpaired) electrons. The Balaban J connectivity index is 2.00. The number of primary amides is 1. The van der Waals surface area contributed by atoms with Gasteiger partial charge >= 0.3 is 6.03 Å². The number of urea groups is 1. The number of hydrazone groups is 1. The van der Waals surface area contributed by atoms with Crippen LogP contribution in [0.4, 0.5) is 4.79 Å². The molecule has 0 bridgehead atoms. The van der Waals surface area contributed by atoms with Gasteiger partial charge in [-0.05, 0) is 17.7 Å². The van der Waals surface area contributed by atoms with E-state index in [-0.39, 0.29) is 0 Å². The van der Waals surface area contributed by atoms with Crippen LogP contribution in [0, 0.1) is 0 Å². The summed E-state index contributed by atoms with van der Waals surface area (Å²) in [6, 6.07) is 16.9. The number of hydrogen-bond acceptors (Lipinski definition) is 4. The van der Waals surface area contributed by atoms with Crippen LogP contribution in [0.5, 0.6) is 5.75 Å². The number of methoxy groups -OCH3 is 1. The van der Waals surface area contributed by atoms with Crippen LogP contribution in [0.3, 0.4) is 0 Å². The molecule has 7 nitrogen and oxygen atoms in total. The maximum atomic E-state index is 10.8. The molecule has 1 heterocycles. The number of amides is 2. The van der Waals surface area contributed by atoms with Crippen LogP contribution in [0.15, 0.2) is 65.9 Å². The lowest BCUT2D eigenvalue weighted by Gasteiger charge is -2.06. The average Bonchev–Trinajstić information content (AvgIpc) is 3.04. The second kappa shape index (κ2) is 7.98. The maximum absolute atomic E-state index is 10.8. The van der Waals surface area contributed by atoms with E-state index < -0.39 is 6.03 Å². The second-order valence-electron chi connectivity index (χ2n) is 5.55. The Morgan fingerprint density at radius 1 is 1.23 bits per heavy atom. The predicted octanol–water partition coefficient (Wildman–Crippen LogP) is 2.61. The van der Waals surface area contributed by atoms with Crippen molar-refractivity contribution < 1.29 is 9.53 Å². The van der Waals surface area contributed by atoms with Crippen LogP contribution in [0.25, 0.3) is 11.3 Å². The van der Waals surface area contributed by atoms with Crippen LogP contribution < -0.4 is 15.9 Å². The number of aromatic nitrogens is 2. The maximum Gasteiger partial charge on any atom is 0.332 e. The number of para-hydroxylation sites is 1. The van der Waals surface area contributed by atoms with Gasteiger partial charge in [0.25, 0.3) is 0 Å². The highest BCUT2D eigenvalue weighted by molar-refractivity contribution is 5.90. The summed E-state index contributed by atoms with van der Waals surface area (Å²) < 4.78 is 7.26. The van der Waals surface area contributed by atoms with Gasteiger partial charge in [0, 0.05) is 17.3 Å². The molecule has 3 rings (SSSR count). The fraction of sp³-hybridized carbons (Fsp3) is 0.105. The molecule has 0 aliphatic heterocycles. The van der Waals surface area contributed by atoms with Crippen molar-refractivity contribution in [2.75, 3.05) is 7.11 Å². The second-order valence-corrected chi connectivity index (χ2v) is 5.55. The fourth-order valence-electron chi connectivity index (χ4n) is 2.60. The van der Waals surface area contributed by atoms with Crippen molar-refractivity contribution in [2.24, 2.45) is 10.8 Å². The summed E-state index contributed by atoms with van der Waals surface area (Å²) >= 11 is 0. The van der Waals surface area contributed by atoms with Crippen molar-refractivity contribution in [2.45, 2.75) is 6.54 Å². The Hall–Kier alpha value is -3.61. The van der Waals surface area contributed by atoms with Crippen LogP contribution >= 0.6 is 0 Å². The van der Waals surface area contributed by atoms with Gasteiger partial charge in [0.15, 0.2) is 0 Å². The normalized spacial score (nSPS) is 10.8. The highest BCUT2D eigenvalue weighted by Gasteiger charge is 2.14. The SMILES string of the molecule is COc1ccccc1-c1nn(Cc2ccccc2)cc1/C=N\NC(N)=O. The Morgan fingerprint density at radius 3 is 2.69 bits per heavy atom. The van der Waals surface area contributed by atoms with Gasteiger partial charge in [0.2, 0.25) is 0 Å². The monoisotopic (exact) mass is 349 g/mol. The first-order valence-corrected chi connectivity index (χ1v) is 8.00. The summed E-state index contributed by atoms with van der Waals surface area (Å²) in [7, 11) is 1.61. The molecule has 0 aliphatic carbocycles. The van der Waals surface area contributed by atoms with Crippen molar-refractivity contribution in [1.82, 2.24) is 15.2 Å². The average molecular weight is 349 g/mol. The fourth-order valence-corrected chi connectivity index (χ4v) is 2.60. The van der Waals surface area contributed by atoms with Crippen molar-refractivity contribution in [1.29, 1.82) is 0 Å². The van der Waals surface area contributed by atoms with Crippen LogP contribution in [-0.4, -0.2) is 29.1 Å². The smallest absolute Gasteiger partial charge is 0.332 e. The van der Waals surface area contributed by atoms with Crippen LogP contribution in [-0.2, 0) is 6.54 Å². The van der Waals surface area contributed by atoms with E-state index in [1.807, 2.05) is 65.5 Å². The molecule has 3 N–H and O–H groups in total. The number of hydrogen-bond donors (Lipinski definition) is 2. The van der Waals surface area contributed by atoms with Gasteiger partial charge in [-0.1, -0.05) is 42.5 Å². The number of nitrogens with zero attached hydrogens (tertiary/aromatic N) is 3. The van der Waals surface area contributed by atoms with Gasteiger partial charge in [-0.25, -0.2) is 10.2 Å². The quantitative estimate of drug-likeness (QED) is 0.529. The van der Waals surface area contributed by atoms with Crippen LogP contribution in [0.2, 0.25) is 0 Å². The third-order valence-electron chi connectivity index (χ3n) is 3.72.